The van der Waals surface area contributed by atoms with Crippen LogP contribution in [0.5, 0.6) is 5.75 Å². The minimum absolute atomic E-state index is 0.171. The van der Waals surface area contributed by atoms with Crippen LogP contribution >= 0.6 is 0 Å². The fraction of sp³-hybridized carbons (Fsp3) is 0.333. The summed E-state index contributed by atoms with van der Waals surface area (Å²) in [5, 5.41) is 9.28. The van der Waals surface area contributed by atoms with E-state index in [2.05, 4.69) is 0 Å². The molecule has 2 rings (SSSR count). The van der Waals surface area contributed by atoms with E-state index in [1.54, 1.807) is 0 Å². The Morgan fingerprint density at radius 3 is 2.46 bits per heavy atom. The summed E-state index contributed by atoms with van der Waals surface area (Å²) in [5.74, 6) is -2.19. The third-order valence-electron chi connectivity index (χ3n) is 2.35. The van der Waals surface area contributed by atoms with E-state index < -0.39 is 22.9 Å². The van der Waals surface area contributed by atoms with Crippen molar-refractivity contribution < 1.29 is 13.9 Å². The molecule has 0 saturated heterocycles. The lowest BCUT2D eigenvalue weighted by Crippen LogP contribution is -2.19. The number of phenolic OH excluding ortho intramolecular Hbond substituents is 1. The van der Waals surface area contributed by atoms with Gasteiger partial charge in [0, 0.05) is 17.2 Å². The Balaban J connectivity index is 2.56. The molecule has 13 heavy (non-hydrogen) atoms. The van der Waals surface area contributed by atoms with Gasteiger partial charge in [-0.25, -0.2) is 8.78 Å². The highest BCUT2D eigenvalue weighted by Crippen LogP contribution is 2.46. The second kappa shape index (κ2) is 2.42. The smallest absolute Gasteiger partial charge is 0.168 e. The molecule has 0 bridgehead atoms. The summed E-state index contributed by atoms with van der Waals surface area (Å²) in [7, 11) is 0. The molecule has 2 nitrogen and oxygen atoms in total. The molecule has 1 aliphatic rings. The van der Waals surface area contributed by atoms with Gasteiger partial charge in [0.15, 0.2) is 11.6 Å². The summed E-state index contributed by atoms with van der Waals surface area (Å²) < 4.78 is 25.6. The van der Waals surface area contributed by atoms with Crippen molar-refractivity contribution in [2.24, 2.45) is 5.73 Å². The highest BCUT2D eigenvalue weighted by atomic mass is 19.1. The Morgan fingerprint density at radius 2 is 1.92 bits per heavy atom. The quantitative estimate of drug-likeness (QED) is 0.698. The summed E-state index contributed by atoms with van der Waals surface area (Å²) in [6, 6.07) is 1.73. The molecule has 0 heterocycles. The van der Waals surface area contributed by atoms with Crippen molar-refractivity contribution in [1.29, 1.82) is 0 Å². The topological polar surface area (TPSA) is 46.2 Å². The van der Waals surface area contributed by atoms with Gasteiger partial charge in [0.25, 0.3) is 0 Å². The van der Waals surface area contributed by atoms with Crippen LogP contribution in [0.3, 0.4) is 0 Å². The molecule has 1 aromatic rings. The molecule has 70 valence electrons. The first-order chi connectivity index (χ1) is 6.03. The summed E-state index contributed by atoms with van der Waals surface area (Å²) in [6.07, 6.45) is 1.31. The maximum atomic E-state index is 12.9. The Hall–Kier alpha value is -1.16. The zero-order valence-electron chi connectivity index (χ0n) is 6.85. The van der Waals surface area contributed by atoms with Gasteiger partial charge in [-0.2, -0.15) is 0 Å². The van der Waals surface area contributed by atoms with E-state index >= 15 is 0 Å². The van der Waals surface area contributed by atoms with E-state index in [0.717, 1.165) is 6.07 Å². The predicted octanol–water partition coefficient (Wildman–Crippen LogP) is 1.62. The van der Waals surface area contributed by atoms with E-state index in [9.17, 15) is 13.9 Å². The molecule has 1 aromatic carbocycles. The molecule has 0 spiro atoms. The van der Waals surface area contributed by atoms with Crippen molar-refractivity contribution in [3.8, 4) is 5.75 Å². The summed E-state index contributed by atoms with van der Waals surface area (Å²) in [6.45, 7) is 0. The molecule has 0 radical (unpaired) electrons. The number of rotatable bonds is 1. The first-order valence-corrected chi connectivity index (χ1v) is 4.00. The molecular formula is C9H9F2NO. The molecule has 3 N–H and O–H groups in total. The van der Waals surface area contributed by atoms with Gasteiger partial charge >= 0.3 is 0 Å². The van der Waals surface area contributed by atoms with Gasteiger partial charge in [0.1, 0.15) is 5.82 Å². The maximum absolute atomic E-state index is 12.9. The molecule has 0 aliphatic heterocycles. The van der Waals surface area contributed by atoms with E-state index in [1.165, 1.54) is 0 Å². The van der Waals surface area contributed by atoms with Crippen LogP contribution in [0.4, 0.5) is 8.78 Å². The highest BCUT2D eigenvalue weighted by molar-refractivity contribution is 5.42. The SMILES string of the molecule is NC1(c2cc(F)cc(F)c2O)CC1. The second-order valence-corrected chi connectivity index (χ2v) is 3.44. The van der Waals surface area contributed by atoms with Crippen molar-refractivity contribution >= 4 is 0 Å². The van der Waals surface area contributed by atoms with Crippen molar-refractivity contribution in [2.75, 3.05) is 0 Å². The van der Waals surface area contributed by atoms with Crippen LogP contribution in [-0.2, 0) is 5.54 Å². The number of phenols is 1. The van der Waals surface area contributed by atoms with Crippen LogP contribution in [-0.4, -0.2) is 5.11 Å². The molecule has 0 amide bonds. The first kappa shape index (κ1) is 8.44. The lowest BCUT2D eigenvalue weighted by atomic mass is 10.0. The van der Waals surface area contributed by atoms with Gasteiger partial charge in [0.05, 0.1) is 0 Å². The zero-order valence-corrected chi connectivity index (χ0v) is 6.85. The first-order valence-electron chi connectivity index (χ1n) is 4.00. The zero-order chi connectivity index (χ0) is 9.64. The molecule has 1 fully saturated rings. The van der Waals surface area contributed by atoms with Gasteiger partial charge in [-0.1, -0.05) is 0 Å². The third-order valence-corrected chi connectivity index (χ3v) is 2.35. The van der Waals surface area contributed by atoms with E-state index in [1.807, 2.05) is 0 Å². The highest BCUT2D eigenvalue weighted by Gasteiger charge is 2.42. The van der Waals surface area contributed by atoms with Crippen LogP contribution in [0, 0.1) is 11.6 Å². The molecule has 1 saturated carbocycles. The van der Waals surface area contributed by atoms with E-state index in [0.29, 0.717) is 18.9 Å². The van der Waals surface area contributed by atoms with Gasteiger partial charge in [-0.05, 0) is 18.9 Å². The monoisotopic (exact) mass is 185 g/mol. The second-order valence-electron chi connectivity index (χ2n) is 3.44. The summed E-state index contributed by atoms with van der Waals surface area (Å²) in [4.78, 5) is 0. The van der Waals surface area contributed by atoms with Gasteiger partial charge in [-0.15, -0.1) is 0 Å². The predicted molar refractivity (Wildman–Crippen MR) is 43.1 cm³/mol. The molecule has 0 aromatic heterocycles. The van der Waals surface area contributed by atoms with Gasteiger partial charge in [-0.3, -0.25) is 0 Å². The van der Waals surface area contributed by atoms with Gasteiger partial charge < -0.3 is 10.8 Å². The van der Waals surface area contributed by atoms with Gasteiger partial charge in [0.2, 0.25) is 0 Å². The minimum atomic E-state index is -0.952. The fourth-order valence-electron chi connectivity index (χ4n) is 1.35. The number of hydrogen-bond acceptors (Lipinski definition) is 2. The van der Waals surface area contributed by atoms with Crippen LogP contribution in [0.1, 0.15) is 18.4 Å². The molecule has 0 unspecified atom stereocenters. The lowest BCUT2D eigenvalue weighted by Gasteiger charge is -2.11. The van der Waals surface area contributed by atoms with Crippen LogP contribution in [0.25, 0.3) is 0 Å². The average molecular weight is 185 g/mol. The standard InChI is InChI=1S/C9H9F2NO/c10-5-3-6(9(12)1-2-9)8(13)7(11)4-5/h3-4,13H,1-2,12H2. The molecule has 0 atom stereocenters. The third kappa shape index (κ3) is 1.27. The summed E-state index contributed by atoms with van der Waals surface area (Å²) in [5.41, 5.74) is 5.17. The summed E-state index contributed by atoms with van der Waals surface area (Å²) >= 11 is 0. The van der Waals surface area contributed by atoms with Crippen molar-refractivity contribution in [2.45, 2.75) is 18.4 Å². The molecule has 1 aliphatic carbocycles. The van der Waals surface area contributed by atoms with Crippen molar-refractivity contribution in [1.82, 2.24) is 0 Å². The van der Waals surface area contributed by atoms with Crippen molar-refractivity contribution in [3.05, 3.63) is 29.3 Å². The number of benzene rings is 1. The van der Waals surface area contributed by atoms with Crippen molar-refractivity contribution in [3.63, 3.8) is 0 Å². The largest absolute Gasteiger partial charge is 0.505 e. The van der Waals surface area contributed by atoms with Crippen LogP contribution in [0.2, 0.25) is 0 Å². The van der Waals surface area contributed by atoms with E-state index in [-0.39, 0.29) is 5.56 Å². The number of hydrogen-bond donors (Lipinski definition) is 2. The van der Waals surface area contributed by atoms with Crippen LogP contribution < -0.4 is 5.73 Å². The molecule has 4 heteroatoms. The Bertz CT molecular complexity index is 361. The molecular weight excluding hydrogens is 176 g/mol. The Labute approximate surface area is 74.0 Å². The fourth-order valence-corrected chi connectivity index (χ4v) is 1.35. The maximum Gasteiger partial charge on any atom is 0.168 e. The normalized spacial score (nSPS) is 18.7. The average Bonchev–Trinajstić information content (AvgIpc) is 2.77. The minimum Gasteiger partial charge on any atom is -0.505 e. The number of halogens is 2. The number of aromatic hydroxyl groups is 1. The Morgan fingerprint density at radius 1 is 1.31 bits per heavy atom. The lowest BCUT2D eigenvalue weighted by molar-refractivity contribution is 0.414. The van der Waals surface area contributed by atoms with Crippen LogP contribution in [0.15, 0.2) is 12.1 Å². The Kier molecular flexibility index (Phi) is 1.57. The van der Waals surface area contributed by atoms with E-state index in [4.69, 9.17) is 5.73 Å². The number of nitrogens with two attached hydrogens (primary N) is 1.